The molecule has 0 saturated carbocycles. The molecule has 1 aromatic heterocycles. The van der Waals surface area contributed by atoms with Crippen LogP contribution < -0.4 is 0 Å². The maximum Gasteiger partial charge on any atom is 0.508 e. The first-order valence-corrected chi connectivity index (χ1v) is 4.56. The van der Waals surface area contributed by atoms with Gasteiger partial charge in [0.2, 0.25) is 0 Å². The third kappa shape index (κ3) is 2.59. The van der Waals surface area contributed by atoms with Gasteiger partial charge >= 0.3 is 6.16 Å². The topological polar surface area (TPSA) is 35.5 Å². The highest BCUT2D eigenvalue weighted by molar-refractivity contribution is 7.10. The summed E-state index contributed by atoms with van der Waals surface area (Å²) in [6.45, 7) is 3.58. The van der Waals surface area contributed by atoms with Crippen molar-refractivity contribution in [1.82, 2.24) is 0 Å². The van der Waals surface area contributed by atoms with E-state index < -0.39 is 12.3 Å². The van der Waals surface area contributed by atoms with E-state index in [0.717, 1.165) is 4.88 Å². The number of rotatable bonds is 3. The second-order valence-electron chi connectivity index (χ2n) is 2.24. The Morgan fingerprint density at radius 1 is 1.77 bits per heavy atom. The minimum absolute atomic E-state index is 0.410. The lowest BCUT2D eigenvalue weighted by molar-refractivity contribution is 0.0533. The van der Waals surface area contributed by atoms with Gasteiger partial charge in [-0.1, -0.05) is 12.6 Å². The Hall–Kier alpha value is -1.29. The third-order valence-electron chi connectivity index (χ3n) is 1.43. The number of hydrogen-bond acceptors (Lipinski definition) is 4. The summed E-state index contributed by atoms with van der Waals surface area (Å²) in [7, 11) is 1.27. The number of ether oxygens (including phenoxy) is 2. The zero-order valence-corrected chi connectivity index (χ0v) is 8.04. The normalized spacial score (nSPS) is 11.8. The molecule has 1 atom stereocenters. The summed E-state index contributed by atoms with van der Waals surface area (Å²) < 4.78 is 9.30. The second-order valence-corrected chi connectivity index (χ2v) is 3.22. The molecule has 0 radical (unpaired) electrons. The molecule has 13 heavy (non-hydrogen) atoms. The van der Waals surface area contributed by atoms with Crippen molar-refractivity contribution >= 4 is 17.5 Å². The monoisotopic (exact) mass is 198 g/mol. The van der Waals surface area contributed by atoms with Gasteiger partial charge in [-0.3, -0.25) is 0 Å². The van der Waals surface area contributed by atoms with Gasteiger partial charge in [-0.25, -0.2) is 4.79 Å². The fraction of sp³-hybridized carbons (Fsp3) is 0.222. The van der Waals surface area contributed by atoms with E-state index in [1.807, 2.05) is 17.5 Å². The number of carbonyl (C=O) groups excluding carboxylic acids is 1. The maximum absolute atomic E-state index is 10.8. The van der Waals surface area contributed by atoms with E-state index in [0.29, 0.717) is 0 Å². The molecule has 0 fully saturated rings. The average Bonchev–Trinajstić information content (AvgIpc) is 2.66. The minimum atomic E-state index is -0.696. The fourth-order valence-electron chi connectivity index (χ4n) is 0.827. The summed E-state index contributed by atoms with van der Waals surface area (Å²) in [6.07, 6.45) is 0.452. The van der Waals surface area contributed by atoms with Crippen molar-refractivity contribution < 1.29 is 14.3 Å². The van der Waals surface area contributed by atoms with Crippen molar-refractivity contribution in [3.8, 4) is 0 Å². The van der Waals surface area contributed by atoms with Crippen LogP contribution in [0.3, 0.4) is 0 Å². The molecule has 0 aliphatic heterocycles. The summed E-state index contributed by atoms with van der Waals surface area (Å²) in [4.78, 5) is 11.7. The van der Waals surface area contributed by atoms with E-state index in [1.54, 1.807) is 6.08 Å². The Kier molecular flexibility index (Phi) is 3.52. The highest BCUT2D eigenvalue weighted by Gasteiger charge is 2.13. The molecule has 3 nitrogen and oxygen atoms in total. The van der Waals surface area contributed by atoms with Crippen LogP contribution in [0.4, 0.5) is 4.79 Å². The summed E-state index contributed by atoms with van der Waals surface area (Å²) in [5.74, 6) is 0. The van der Waals surface area contributed by atoms with Crippen LogP contribution in [-0.2, 0) is 9.47 Å². The summed E-state index contributed by atoms with van der Waals surface area (Å²) in [6, 6.07) is 3.76. The zero-order chi connectivity index (χ0) is 9.68. The van der Waals surface area contributed by atoms with Crippen molar-refractivity contribution in [3.05, 3.63) is 35.0 Å². The molecule has 0 bridgehead atoms. The number of carbonyl (C=O) groups is 1. The first-order valence-electron chi connectivity index (χ1n) is 3.68. The number of thiophene rings is 1. The Morgan fingerprint density at radius 3 is 3.00 bits per heavy atom. The first kappa shape index (κ1) is 9.80. The maximum atomic E-state index is 10.8. The Morgan fingerprint density at radius 2 is 2.54 bits per heavy atom. The number of methoxy groups -OCH3 is 1. The van der Waals surface area contributed by atoms with E-state index in [1.165, 1.54) is 18.4 Å². The van der Waals surface area contributed by atoms with Crippen LogP contribution in [-0.4, -0.2) is 13.3 Å². The van der Waals surface area contributed by atoms with Crippen LogP contribution in [0.5, 0.6) is 0 Å². The van der Waals surface area contributed by atoms with Gasteiger partial charge in [0.1, 0.15) is 0 Å². The molecule has 0 aliphatic rings. The molecule has 0 amide bonds. The Bertz CT molecular complexity index is 279. The smallest absolute Gasteiger partial charge is 0.438 e. The third-order valence-corrected chi connectivity index (χ3v) is 2.36. The van der Waals surface area contributed by atoms with Gasteiger partial charge in [0.25, 0.3) is 0 Å². The van der Waals surface area contributed by atoms with Crippen LogP contribution in [0.15, 0.2) is 30.2 Å². The molecule has 1 heterocycles. The van der Waals surface area contributed by atoms with E-state index in [-0.39, 0.29) is 0 Å². The molecular formula is C9H10O3S. The fourth-order valence-corrected chi connectivity index (χ4v) is 1.58. The van der Waals surface area contributed by atoms with Crippen LogP contribution in [0, 0.1) is 0 Å². The Balaban J connectivity index is 2.64. The lowest BCUT2D eigenvalue weighted by atomic mass is 10.3. The average molecular weight is 198 g/mol. The molecule has 70 valence electrons. The molecule has 0 saturated heterocycles. The molecule has 0 unspecified atom stereocenters. The van der Waals surface area contributed by atoms with E-state index in [2.05, 4.69) is 11.3 Å². The Labute approximate surface area is 80.6 Å². The molecule has 1 aromatic rings. The molecule has 4 heteroatoms. The standard InChI is InChI=1S/C9H10O3S/c1-3-7(12-9(10)11-2)8-5-4-6-13-8/h3-7H,1H2,2H3/t7-/m0/s1. The SMILES string of the molecule is C=C[C@H](OC(=O)OC)c1cccs1. The molecular weight excluding hydrogens is 188 g/mol. The second kappa shape index (κ2) is 4.67. The van der Waals surface area contributed by atoms with Gasteiger partial charge in [0.15, 0.2) is 6.10 Å². The lowest BCUT2D eigenvalue weighted by Gasteiger charge is -2.10. The predicted octanol–water partition coefficient (Wildman–Crippen LogP) is 2.76. The summed E-state index contributed by atoms with van der Waals surface area (Å²) in [5, 5.41) is 1.91. The quantitative estimate of drug-likeness (QED) is 0.553. The summed E-state index contributed by atoms with van der Waals surface area (Å²) >= 11 is 1.50. The van der Waals surface area contributed by atoms with E-state index in [9.17, 15) is 4.79 Å². The lowest BCUT2D eigenvalue weighted by Crippen LogP contribution is -2.08. The van der Waals surface area contributed by atoms with Crippen LogP contribution in [0.25, 0.3) is 0 Å². The minimum Gasteiger partial charge on any atom is -0.438 e. The molecule has 0 aromatic carbocycles. The van der Waals surface area contributed by atoms with Gasteiger partial charge in [0, 0.05) is 4.88 Å². The van der Waals surface area contributed by atoms with E-state index in [4.69, 9.17) is 4.74 Å². The van der Waals surface area contributed by atoms with Crippen molar-refractivity contribution in [2.45, 2.75) is 6.10 Å². The van der Waals surface area contributed by atoms with Gasteiger partial charge in [0.05, 0.1) is 7.11 Å². The molecule has 0 N–H and O–H groups in total. The van der Waals surface area contributed by atoms with Gasteiger partial charge < -0.3 is 9.47 Å². The van der Waals surface area contributed by atoms with E-state index >= 15 is 0 Å². The predicted molar refractivity (Wildman–Crippen MR) is 50.7 cm³/mol. The molecule has 0 spiro atoms. The van der Waals surface area contributed by atoms with Crippen molar-refractivity contribution in [1.29, 1.82) is 0 Å². The van der Waals surface area contributed by atoms with Crippen LogP contribution in [0.1, 0.15) is 11.0 Å². The van der Waals surface area contributed by atoms with Crippen molar-refractivity contribution in [2.75, 3.05) is 7.11 Å². The van der Waals surface area contributed by atoms with Crippen LogP contribution >= 0.6 is 11.3 Å². The highest BCUT2D eigenvalue weighted by atomic mass is 32.1. The number of hydrogen-bond donors (Lipinski definition) is 0. The van der Waals surface area contributed by atoms with Crippen LogP contribution in [0.2, 0.25) is 0 Å². The largest absolute Gasteiger partial charge is 0.508 e. The van der Waals surface area contributed by atoms with Gasteiger partial charge in [-0.15, -0.1) is 11.3 Å². The molecule has 1 rings (SSSR count). The zero-order valence-electron chi connectivity index (χ0n) is 7.23. The van der Waals surface area contributed by atoms with Gasteiger partial charge in [-0.05, 0) is 17.5 Å². The van der Waals surface area contributed by atoms with Gasteiger partial charge in [-0.2, -0.15) is 0 Å². The summed E-state index contributed by atoms with van der Waals surface area (Å²) in [5.41, 5.74) is 0. The van der Waals surface area contributed by atoms with Crippen molar-refractivity contribution in [2.24, 2.45) is 0 Å². The highest BCUT2D eigenvalue weighted by Crippen LogP contribution is 2.23. The molecule has 0 aliphatic carbocycles. The van der Waals surface area contributed by atoms with Crippen molar-refractivity contribution in [3.63, 3.8) is 0 Å². The first-order chi connectivity index (χ1) is 6.27.